The average molecular weight is 452 g/mol. The number of fused-ring (bicyclic) bond motifs is 1. The number of carbonyl (C=O) groups is 1. The van der Waals surface area contributed by atoms with Gasteiger partial charge in [0.1, 0.15) is 18.2 Å². The van der Waals surface area contributed by atoms with E-state index in [1.807, 2.05) is 6.07 Å². The van der Waals surface area contributed by atoms with Gasteiger partial charge in [-0.25, -0.2) is 4.98 Å². The third kappa shape index (κ3) is 7.60. The van der Waals surface area contributed by atoms with Crippen molar-refractivity contribution in [2.24, 2.45) is 0 Å². The molecule has 0 saturated heterocycles. The maximum absolute atomic E-state index is 11.4. The van der Waals surface area contributed by atoms with Crippen molar-refractivity contribution in [3.05, 3.63) is 59.4 Å². The smallest absolute Gasteiger partial charge is 0.245 e. The van der Waals surface area contributed by atoms with Crippen LogP contribution in [0.2, 0.25) is 0 Å². The Kier molecular flexibility index (Phi) is 9.76. The van der Waals surface area contributed by atoms with Crippen molar-refractivity contribution in [2.75, 3.05) is 26.9 Å². The minimum atomic E-state index is -0.0548. The number of nitrogens with zero attached hydrogens (tertiary/aromatic N) is 2. The molecular formula is C27H37N3O3. The molecular weight excluding hydrogens is 414 g/mol. The number of ether oxygens (including phenoxy) is 2. The molecule has 0 atom stereocenters. The van der Waals surface area contributed by atoms with Crippen molar-refractivity contribution in [3.63, 3.8) is 0 Å². The highest BCUT2D eigenvalue weighted by Crippen LogP contribution is 2.20. The van der Waals surface area contributed by atoms with Crippen LogP contribution >= 0.6 is 0 Å². The van der Waals surface area contributed by atoms with Gasteiger partial charge in [0.2, 0.25) is 5.91 Å². The number of nitrogens with one attached hydrogen (secondary N) is 1. The van der Waals surface area contributed by atoms with Crippen molar-refractivity contribution in [1.82, 2.24) is 14.9 Å². The maximum Gasteiger partial charge on any atom is 0.245 e. The number of benzene rings is 2. The molecule has 0 bridgehead atoms. The summed E-state index contributed by atoms with van der Waals surface area (Å²) in [5.74, 6) is 2.07. The monoisotopic (exact) mass is 451 g/mol. The van der Waals surface area contributed by atoms with Gasteiger partial charge in [-0.2, -0.15) is 0 Å². The zero-order valence-electron chi connectivity index (χ0n) is 20.2. The van der Waals surface area contributed by atoms with E-state index in [1.54, 1.807) is 0 Å². The minimum absolute atomic E-state index is 0.0548. The highest BCUT2D eigenvalue weighted by molar-refractivity contribution is 5.77. The van der Waals surface area contributed by atoms with Crippen molar-refractivity contribution in [1.29, 1.82) is 0 Å². The fourth-order valence-corrected chi connectivity index (χ4v) is 4.08. The predicted molar refractivity (Wildman–Crippen MR) is 133 cm³/mol. The Labute approximate surface area is 197 Å². The lowest BCUT2D eigenvalue weighted by Gasteiger charge is -2.12. The topological polar surface area (TPSA) is 65.4 Å². The summed E-state index contributed by atoms with van der Waals surface area (Å²) in [5, 5.41) is 2.88. The number of hydrogen-bond donors (Lipinski definition) is 1. The molecule has 178 valence electrons. The van der Waals surface area contributed by atoms with E-state index in [0.717, 1.165) is 68.8 Å². The van der Waals surface area contributed by atoms with Gasteiger partial charge in [0.15, 0.2) is 0 Å². The van der Waals surface area contributed by atoms with Crippen LogP contribution in [-0.2, 0) is 22.5 Å². The summed E-state index contributed by atoms with van der Waals surface area (Å²) in [5.41, 5.74) is 4.71. The van der Waals surface area contributed by atoms with Crippen LogP contribution in [0.1, 0.15) is 49.1 Å². The van der Waals surface area contributed by atoms with Gasteiger partial charge in [-0.1, -0.05) is 36.2 Å². The van der Waals surface area contributed by atoms with Gasteiger partial charge in [-0.15, -0.1) is 0 Å². The first-order chi connectivity index (χ1) is 16.1. The van der Waals surface area contributed by atoms with Crippen LogP contribution in [0, 0.1) is 13.8 Å². The third-order valence-corrected chi connectivity index (χ3v) is 5.77. The quantitative estimate of drug-likeness (QED) is 0.351. The van der Waals surface area contributed by atoms with Gasteiger partial charge in [-0.05, 0) is 63.3 Å². The highest BCUT2D eigenvalue weighted by Gasteiger charge is 2.10. The molecule has 0 aliphatic carbocycles. The van der Waals surface area contributed by atoms with Crippen LogP contribution in [0.25, 0.3) is 11.0 Å². The molecule has 0 aliphatic heterocycles. The summed E-state index contributed by atoms with van der Waals surface area (Å²) in [6, 6.07) is 14.7. The Hall–Kier alpha value is -2.86. The Morgan fingerprint density at radius 2 is 1.88 bits per heavy atom. The fraction of sp³-hybridized carbons (Fsp3) is 0.481. The Bertz CT molecular complexity index is 1030. The predicted octanol–water partition coefficient (Wildman–Crippen LogP) is 4.99. The zero-order valence-corrected chi connectivity index (χ0v) is 20.2. The molecule has 1 N–H and O–H groups in total. The first-order valence-corrected chi connectivity index (χ1v) is 12.0. The van der Waals surface area contributed by atoms with E-state index in [-0.39, 0.29) is 12.5 Å². The summed E-state index contributed by atoms with van der Waals surface area (Å²) >= 11 is 0. The summed E-state index contributed by atoms with van der Waals surface area (Å²) in [7, 11) is 1.53. The summed E-state index contributed by atoms with van der Waals surface area (Å²) < 4.78 is 13.2. The van der Waals surface area contributed by atoms with Crippen LogP contribution in [0.15, 0.2) is 42.5 Å². The largest absolute Gasteiger partial charge is 0.493 e. The lowest BCUT2D eigenvalue weighted by atomic mass is 10.1. The van der Waals surface area contributed by atoms with Crippen molar-refractivity contribution in [2.45, 2.75) is 58.9 Å². The Balaban J connectivity index is 1.46. The Morgan fingerprint density at radius 1 is 1.03 bits per heavy atom. The van der Waals surface area contributed by atoms with Crippen molar-refractivity contribution >= 4 is 16.9 Å². The van der Waals surface area contributed by atoms with Crippen LogP contribution in [-0.4, -0.2) is 42.3 Å². The molecule has 0 fully saturated rings. The number of aryl methyl sites for hydroxylation is 4. The number of carbonyl (C=O) groups excluding carboxylic acids is 1. The number of rotatable bonds is 14. The molecule has 3 rings (SSSR count). The van der Waals surface area contributed by atoms with Gasteiger partial charge in [-0.3, -0.25) is 4.79 Å². The normalized spacial score (nSPS) is 11.1. The molecule has 6 nitrogen and oxygen atoms in total. The maximum atomic E-state index is 11.4. The molecule has 33 heavy (non-hydrogen) atoms. The molecule has 3 aromatic rings. The first kappa shape index (κ1) is 24.8. The van der Waals surface area contributed by atoms with Gasteiger partial charge in [0.05, 0.1) is 17.6 Å². The van der Waals surface area contributed by atoms with Crippen LogP contribution in [0.4, 0.5) is 0 Å². The molecule has 1 amide bonds. The number of imidazole rings is 1. The summed E-state index contributed by atoms with van der Waals surface area (Å²) in [6.07, 6.45) is 6.06. The standard InChI is InChI=1S/C27H37N3O3/c1-21-14-15-25(22(2)19-21)33-18-10-9-17-30-24-12-7-6-11-23(24)29-26(30)13-5-4-8-16-28-27(31)20-32-3/h6-7,11-12,14-15,19H,4-5,8-10,13,16-18,20H2,1-3H3,(H,28,31). The van der Waals surface area contributed by atoms with E-state index >= 15 is 0 Å². The molecule has 0 spiro atoms. The second-order valence-electron chi connectivity index (χ2n) is 8.59. The molecule has 6 heteroatoms. The molecule has 0 aliphatic rings. The molecule has 0 saturated carbocycles. The van der Waals surface area contributed by atoms with Crippen LogP contribution < -0.4 is 10.1 Å². The zero-order chi connectivity index (χ0) is 23.5. The number of amides is 1. The number of hydrogen-bond acceptors (Lipinski definition) is 4. The minimum Gasteiger partial charge on any atom is -0.493 e. The van der Waals surface area contributed by atoms with E-state index in [2.05, 4.69) is 60.1 Å². The first-order valence-electron chi connectivity index (χ1n) is 12.0. The number of methoxy groups -OCH3 is 1. The van der Waals surface area contributed by atoms with Crippen molar-refractivity contribution in [3.8, 4) is 5.75 Å². The molecule has 1 heterocycles. The highest BCUT2D eigenvalue weighted by atomic mass is 16.5. The van der Waals surface area contributed by atoms with E-state index in [0.29, 0.717) is 6.54 Å². The van der Waals surface area contributed by atoms with Gasteiger partial charge >= 0.3 is 0 Å². The number of unbranched alkanes of at least 4 members (excludes halogenated alkanes) is 3. The summed E-state index contributed by atoms with van der Waals surface area (Å²) in [6.45, 7) is 6.68. The molecule has 1 aromatic heterocycles. The van der Waals surface area contributed by atoms with Crippen molar-refractivity contribution < 1.29 is 14.3 Å². The van der Waals surface area contributed by atoms with E-state index in [4.69, 9.17) is 14.5 Å². The fourth-order valence-electron chi connectivity index (χ4n) is 4.08. The number of para-hydroxylation sites is 2. The molecule has 2 aromatic carbocycles. The van der Waals surface area contributed by atoms with Gasteiger partial charge in [0.25, 0.3) is 0 Å². The van der Waals surface area contributed by atoms with E-state index < -0.39 is 0 Å². The molecule has 0 radical (unpaired) electrons. The van der Waals surface area contributed by atoms with Crippen LogP contribution in [0.5, 0.6) is 5.75 Å². The lowest BCUT2D eigenvalue weighted by molar-refractivity contribution is -0.124. The second kappa shape index (κ2) is 13.0. The van der Waals surface area contributed by atoms with Gasteiger partial charge < -0.3 is 19.4 Å². The van der Waals surface area contributed by atoms with Gasteiger partial charge in [0, 0.05) is 26.6 Å². The second-order valence-corrected chi connectivity index (χ2v) is 8.59. The molecule has 0 unspecified atom stereocenters. The van der Waals surface area contributed by atoms with E-state index in [9.17, 15) is 4.79 Å². The van der Waals surface area contributed by atoms with E-state index in [1.165, 1.54) is 23.8 Å². The number of aromatic nitrogens is 2. The SMILES string of the molecule is COCC(=O)NCCCCCc1nc2ccccc2n1CCCCOc1ccc(C)cc1C. The average Bonchev–Trinajstić information content (AvgIpc) is 3.15. The van der Waals surface area contributed by atoms with Crippen LogP contribution in [0.3, 0.4) is 0 Å². The summed E-state index contributed by atoms with van der Waals surface area (Å²) in [4.78, 5) is 16.3. The Morgan fingerprint density at radius 3 is 2.70 bits per heavy atom. The lowest BCUT2D eigenvalue weighted by Crippen LogP contribution is -2.27. The third-order valence-electron chi connectivity index (χ3n) is 5.77.